The van der Waals surface area contributed by atoms with E-state index in [1.54, 1.807) is 24.1 Å². The van der Waals surface area contributed by atoms with Gasteiger partial charge >= 0.3 is 12.4 Å². The van der Waals surface area contributed by atoms with E-state index in [9.17, 15) is 13.2 Å². The van der Waals surface area contributed by atoms with Crippen molar-refractivity contribution in [3.05, 3.63) is 36.8 Å². The zero-order valence-electron chi connectivity index (χ0n) is 11.2. The normalized spacial score (nSPS) is 11.6. The summed E-state index contributed by atoms with van der Waals surface area (Å²) in [6, 6.07) is 5.11. The molecule has 3 rings (SSSR count). The van der Waals surface area contributed by atoms with Gasteiger partial charge in [0.25, 0.3) is 0 Å². The number of fused-ring (bicyclic) bond motifs is 1. The summed E-state index contributed by atoms with van der Waals surface area (Å²) in [6.45, 7) is 0. The van der Waals surface area contributed by atoms with Gasteiger partial charge in [0, 0.05) is 19.3 Å². The maximum Gasteiger partial charge on any atom is 0.573 e. The number of hydrogen-bond acceptors (Lipinski definition) is 5. The molecule has 1 aromatic carbocycles. The summed E-state index contributed by atoms with van der Waals surface area (Å²) in [5.74, 6) is 0.128. The van der Waals surface area contributed by atoms with Crippen LogP contribution in [0.2, 0.25) is 0 Å². The van der Waals surface area contributed by atoms with Gasteiger partial charge in [-0.1, -0.05) is 6.07 Å². The van der Waals surface area contributed by atoms with Gasteiger partial charge in [-0.3, -0.25) is 0 Å². The third-order valence-corrected chi connectivity index (χ3v) is 2.58. The summed E-state index contributed by atoms with van der Waals surface area (Å²) < 4.78 is 47.4. The van der Waals surface area contributed by atoms with Crippen LogP contribution in [0.4, 0.5) is 13.2 Å². The molecule has 22 heavy (non-hydrogen) atoms. The van der Waals surface area contributed by atoms with E-state index in [1.807, 2.05) is 0 Å². The highest BCUT2D eigenvalue weighted by atomic mass is 19.4. The lowest BCUT2D eigenvalue weighted by Gasteiger charge is -2.09. The first-order valence-corrected chi connectivity index (χ1v) is 6.08. The van der Waals surface area contributed by atoms with Crippen molar-refractivity contribution in [2.45, 2.75) is 6.36 Å². The molecule has 0 unspecified atom stereocenters. The van der Waals surface area contributed by atoms with Crippen LogP contribution in [0.15, 0.2) is 36.8 Å². The first-order chi connectivity index (χ1) is 10.4. The van der Waals surface area contributed by atoms with Gasteiger partial charge in [-0.25, -0.2) is 4.98 Å². The van der Waals surface area contributed by atoms with Crippen molar-refractivity contribution < 1.29 is 22.6 Å². The van der Waals surface area contributed by atoms with Crippen LogP contribution in [-0.4, -0.2) is 25.9 Å². The maximum absolute atomic E-state index is 12.2. The van der Waals surface area contributed by atoms with Gasteiger partial charge in [-0.05, 0) is 12.1 Å². The van der Waals surface area contributed by atoms with Gasteiger partial charge in [0.05, 0.1) is 6.33 Å². The largest absolute Gasteiger partial charge is 0.573 e. The highest BCUT2D eigenvalue weighted by Gasteiger charge is 2.31. The minimum Gasteiger partial charge on any atom is -0.424 e. The molecule has 0 N–H and O–H groups in total. The number of ether oxygens (including phenoxy) is 2. The van der Waals surface area contributed by atoms with Crippen molar-refractivity contribution in [3.63, 3.8) is 0 Å². The average Bonchev–Trinajstić information content (AvgIpc) is 2.78. The van der Waals surface area contributed by atoms with Crippen molar-refractivity contribution in [2.24, 2.45) is 7.05 Å². The smallest absolute Gasteiger partial charge is 0.424 e. The Morgan fingerprint density at radius 3 is 2.68 bits per heavy atom. The van der Waals surface area contributed by atoms with Gasteiger partial charge < -0.3 is 14.0 Å². The topological polar surface area (TPSA) is 62.1 Å². The number of nitrogens with zero attached hydrogens (tertiary/aromatic N) is 4. The molecule has 6 nitrogen and oxygen atoms in total. The van der Waals surface area contributed by atoms with Crippen LogP contribution < -0.4 is 9.47 Å². The SMILES string of the molecule is Cn1cnc2nc(Oc3cccc(OC(F)(F)F)c3)nc-2c1. The number of alkyl halides is 3. The summed E-state index contributed by atoms with van der Waals surface area (Å²) in [5, 5.41) is 0. The Bertz CT molecular complexity index is 772. The molecule has 114 valence electrons. The van der Waals surface area contributed by atoms with Crippen LogP contribution in [0.5, 0.6) is 17.5 Å². The third kappa shape index (κ3) is 3.25. The van der Waals surface area contributed by atoms with E-state index in [0.29, 0.717) is 11.5 Å². The Kier molecular flexibility index (Phi) is 3.32. The van der Waals surface area contributed by atoms with Crippen LogP contribution >= 0.6 is 0 Å². The standard InChI is InChI=1S/C13H9F3N4O2/c1-20-6-10-11(17-7-20)19-12(18-10)21-8-3-2-4-9(5-8)22-13(14,15)16/h2-7H,1H3. The molecule has 0 saturated carbocycles. The fourth-order valence-electron chi connectivity index (χ4n) is 1.77. The Morgan fingerprint density at radius 2 is 1.91 bits per heavy atom. The minimum atomic E-state index is -4.76. The van der Waals surface area contributed by atoms with E-state index in [1.165, 1.54) is 18.2 Å². The molecule has 1 aromatic rings. The molecule has 2 aliphatic heterocycles. The van der Waals surface area contributed by atoms with Crippen LogP contribution in [-0.2, 0) is 7.05 Å². The molecule has 9 heteroatoms. The monoisotopic (exact) mass is 310 g/mol. The molecule has 0 fully saturated rings. The lowest BCUT2D eigenvalue weighted by Crippen LogP contribution is -2.17. The molecular weight excluding hydrogens is 301 g/mol. The molecule has 0 radical (unpaired) electrons. The van der Waals surface area contributed by atoms with Crippen molar-refractivity contribution in [1.82, 2.24) is 19.5 Å². The summed E-state index contributed by atoms with van der Waals surface area (Å²) in [6.07, 6.45) is -1.51. The zero-order valence-corrected chi connectivity index (χ0v) is 11.2. The average molecular weight is 310 g/mol. The summed E-state index contributed by atoms with van der Waals surface area (Å²) >= 11 is 0. The lowest BCUT2D eigenvalue weighted by molar-refractivity contribution is -0.274. The first kappa shape index (κ1) is 14.1. The number of benzene rings is 1. The summed E-state index contributed by atoms with van der Waals surface area (Å²) in [7, 11) is 1.78. The van der Waals surface area contributed by atoms with E-state index < -0.39 is 6.36 Å². The zero-order chi connectivity index (χ0) is 15.7. The second kappa shape index (κ2) is 5.17. The van der Waals surface area contributed by atoms with Crippen molar-refractivity contribution in [3.8, 4) is 29.0 Å². The summed E-state index contributed by atoms with van der Waals surface area (Å²) in [5.41, 5.74) is 0.516. The van der Waals surface area contributed by atoms with Crippen LogP contribution in [0, 0.1) is 0 Å². The molecule has 2 aliphatic rings. The van der Waals surface area contributed by atoms with Crippen molar-refractivity contribution in [1.29, 1.82) is 0 Å². The number of rotatable bonds is 3. The molecule has 0 aliphatic carbocycles. The fraction of sp³-hybridized carbons (Fsp3) is 0.154. The number of aromatic nitrogens is 4. The van der Waals surface area contributed by atoms with Crippen LogP contribution in [0.1, 0.15) is 0 Å². The molecule has 0 saturated heterocycles. The van der Waals surface area contributed by atoms with E-state index >= 15 is 0 Å². The number of hydrogen-bond donors (Lipinski definition) is 0. The fourth-order valence-corrected chi connectivity index (χ4v) is 1.77. The number of halogens is 3. The third-order valence-electron chi connectivity index (χ3n) is 2.58. The van der Waals surface area contributed by atoms with Crippen LogP contribution in [0.25, 0.3) is 11.5 Å². The number of aryl methyl sites for hydroxylation is 1. The quantitative estimate of drug-likeness (QED) is 0.744. The Balaban J connectivity index is 1.83. The molecule has 0 spiro atoms. The second-order valence-corrected chi connectivity index (χ2v) is 4.38. The Labute approximate surface area is 122 Å². The highest BCUT2D eigenvalue weighted by Crippen LogP contribution is 2.29. The Morgan fingerprint density at radius 1 is 1.14 bits per heavy atom. The highest BCUT2D eigenvalue weighted by molar-refractivity contribution is 5.50. The van der Waals surface area contributed by atoms with Crippen molar-refractivity contribution >= 4 is 0 Å². The maximum atomic E-state index is 12.2. The molecule has 0 amide bonds. The van der Waals surface area contributed by atoms with Crippen molar-refractivity contribution in [2.75, 3.05) is 0 Å². The lowest BCUT2D eigenvalue weighted by atomic mass is 10.3. The molecule has 0 bridgehead atoms. The molecule has 0 atom stereocenters. The van der Waals surface area contributed by atoms with Gasteiger partial charge in [-0.2, -0.15) is 9.97 Å². The summed E-state index contributed by atoms with van der Waals surface area (Å²) in [4.78, 5) is 12.2. The van der Waals surface area contributed by atoms with Gasteiger partial charge in [0.15, 0.2) is 5.82 Å². The first-order valence-electron chi connectivity index (χ1n) is 6.08. The van der Waals surface area contributed by atoms with E-state index in [2.05, 4.69) is 19.7 Å². The van der Waals surface area contributed by atoms with Gasteiger partial charge in [0.2, 0.25) is 0 Å². The van der Waals surface area contributed by atoms with Gasteiger partial charge in [-0.15, -0.1) is 13.2 Å². The number of imidazole rings is 1. The predicted molar refractivity (Wildman–Crippen MR) is 68.6 cm³/mol. The Hall–Kier alpha value is -2.84. The molecular formula is C13H9F3N4O2. The van der Waals surface area contributed by atoms with E-state index in [-0.39, 0.29) is 17.5 Å². The second-order valence-electron chi connectivity index (χ2n) is 4.38. The van der Waals surface area contributed by atoms with E-state index in [0.717, 1.165) is 6.07 Å². The van der Waals surface area contributed by atoms with E-state index in [4.69, 9.17) is 4.74 Å². The van der Waals surface area contributed by atoms with Crippen LogP contribution in [0.3, 0.4) is 0 Å². The predicted octanol–water partition coefficient (Wildman–Crippen LogP) is 3.01. The van der Waals surface area contributed by atoms with Gasteiger partial charge in [0.1, 0.15) is 17.2 Å². The minimum absolute atomic E-state index is 0.00198. The molecule has 2 heterocycles. The molecule has 0 aromatic heterocycles.